The molecule has 2 fully saturated rings. The Kier molecular flexibility index (Phi) is 7.34. The van der Waals surface area contributed by atoms with Crippen LogP contribution in [0.3, 0.4) is 0 Å². The fraction of sp³-hybridized carbons (Fsp3) is 0.407. The van der Waals surface area contributed by atoms with Crippen LogP contribution in [-0.4, -0.2) is 56.5 Å². The van der Waals surface area contributed by atoms with Gasteiger partial charge in [-0.25, -0.2) is 33.5 Å². The third-order valence-corrected chi connectivity index (χ3v) is 7.30. The number of cyclic esters (lactones) is 1. The molecule has 0 N–H and O–H groups in total. The molecule has 0 bridgehead atoms. The van der Waals surface area contributed by atoms with Crippen LogP contribution in [0.15, 0.2) is 36.7 Å². The van der Waals surface area contributed by atoms with Gasteiger partial charge in [0.25, 0.3) is 0 Å². The molecule has 2 aliphatic rings. The highest BCUT2D eigenvalue weighted by Crippen LogP contribution is 2.40. The predicted octanol–water partition coefficient (Wildman–Crippen LogP) is 4.69. The van der Waals surface area contributed by atoms with Crippen molar-refractivity contribution in [1.29, 1.82) is 0 Å². The first-order chi connectivity index (χ1) is 19.4. The van der Waals surface area contributed by atoms with Gasteiger partial charge in [0, 0.05) is 42.5 Å². The number of alkyl halides is 3. The maximum atomic E-state index is 14.0. The number of carbonyl (C=O) groups excluding carboxylic acids is 2. The monoisotopic (exact) mass is 576 g/mol. The highest BCUT2D eigenvalue weighted by Gasteiger charge is 2.47. The summed E-state index contributed by atoms with van der Waals surface area (Å²) in [6.07, 6.45) is -2.66. The minimum Gasteiger partial charge on any atom is -0.436 e. The lowest BCUT2D eigenvalue weighted by molar-refractivity contribution is -0.144. The van der Waals surface area contributed by atoms with E-state index in [1.54, 1.807) is 18.7 Å². The lowest BCUT2D eigenvalue weighted by atomic mass is 9.85. The smallest absolute Gasteiger partial charge is 0.436 e. The van der Waals surface area contributed by atoms with E-state index in [0.29, 0.717) is 43.0 Å². The van der Waals surface area contributed by atoms with E-state index in [0.717, 1.165) is 23.2 Å². The van der Waals surface area contributed by atoms with Crippen molar-refractivity contribution in [1.82, 2.24) is 24.8 Å². The number of hydrogen-bond donors (Lipinski definition) is 0. The summed E-state index contributed by atoms with van der Waals surface area (Å²) in [6, 6.07) is 4.64. The van der Waals surface area contributed by atoms with Gasteiger partial charge in [-0.3, -0.25) is 9.69 Å². The maximum absolute atomic E-state index is 14.0. The van der Waals surface area contributed by atoms with Crippen LogP contribution in [-0.2, 0) is 27.7 Å². The second-order valence-electron chi connectivity index (χ2n) is 10.2. The number of ether oxygens (including phenoxy) is 1. The molecule has 4 heterocycles. The summed E-state index contributed by atoms with van der Waals surface area (Å²) in [5.74, 6) is -3.29. The molecule has 0 spiro atoms. The molecule has 0 aliphatic carbocycles. The van der Waals surface area contributed by atoms with Gasteiger partial charge in [-0.05, 0) is 44.9 Å². The first-order valence-electron chi connectivity index (χ1n) is 12.8. The van der Waals surface area contributed by atoms with Crippen LogP contribution < -0.4 is 4.90 Å². The third-order valence-electron chi connectivity index (χ3n) is 7.30. The maximum Gasteiger partial charge on any atom is 0.451 e. The van der Waals surface area contributed by atoms with Crippen LogP contribution in [0.2, 0.25) is 0 Å². The van der Waals surface area contributed by atoms with Crippen LogP contribution >= 0.6 is 0 Å². The number of likely N-dealkylation sites (tertiary alicyclic amines) is 1. The van der Waals surface area contributed by atoms with Crippen molar-refractivity contribution in [2.45, 2.75) is 50.8 Å². The zero-order valence-electron chi connectivity index (χ0n) is 22.1. The summed E-state index contributed by atoms with van der Waals surface area (Å²) in [4.78, 5) is 43.8. The summed E-state index contributed by atoms with van der Waals surface area (Å²) >= 11 is 0. The van der Waals surface area contributed by atoms with E-state index in [9.17, 15) is 31.5 Å². The molecule has 1 atom stereocenters. The highest BCUT2D eigenvalue weighted by molar-refractivity contribution is 5.89. The molecule has 2 saturated heterocycles. The van der Waals surface area contributed by atoms with Crippen molar-refractivity contribution >= 4 is 17.8 Å². The number of hydrogen-bond acceptors (Lipinski definition) is 7. The summed E-state index contributed by atoms with van der Waals surface area (Å²) in [5, 5.41) is 0. The van der Waals surface area contributed by atoms with Crippen LogP contribution in [0.4, 0.5) is 32.6 Å². The van der Waals surface area contributed by atoms with Gasteiger partial charge in [-0.15, -0.1) is 0 Å². The van der Waals surface area contributed by atoms with Gasteiger partial charge in [-0.2, -0.15) is 13.2 Å². The Balaban J connectivity index is 1.34. The van der Waals surface area contributed by atoms with E-state index < -0.39 is 47.7 Å². The van der Waals surface area contributed by atoms with E-state index >= 15 is 0 Å². The quantitative estimate of drug-likeness (QED) is 0.406. The van der Waals surface area contributed by atoms with Crippen LogP contribution in [0.5, 0.6) is 0 Å². The van der Waals surface area contributed by atoms with Crippen molar-refractivity contribution < 1.29 is 36.3 Å². The Labute approximate surface area is 231 Å². The summed E-state index contributed by atoms with van der Waals surface area (Å²) in [5.41, 5.74) is -0.499. The van der Waals surface area contributed by atoms with Gasteiger partial charge in [-0.1, -0.05) is 6.07 Å². The van der Waals surface area contributed by atoms with Gasteiger partial charge in [0.15, 0.2) is 5.60 Å². The van der Waals surface area contributed by atoms with E-state index in [4.69, 9.17) is 4.74 Å². The molecule has 9 nitrogen and oxygen atoms in total. The minimum absolute atomic E-state index is 0.148. The number of benzene rings is 1. The van der Waals surface area contributed by atoms with Crippen molar-refractivity contribution in [3.05, 3.63) is 76.8 Å². The Morgan fingerprint density at radius 3 is 2.44 bits per heavy atom. The summed E-state index contributed by atoms with van der Waals surface area (Å²) < 4.78 is 73.2. The number of rotatable bonds is 5. The molecule has 3 aromatic rings. The molecule has 1 aromatic carbocycles. The Hall–Kier alpha value is -4.23. The average molecular weight is 577 g/mol. The normalized spacial score (nSPS) is 19.9. The first kappa shape index (κ1) is 28.3. The SMILES string of the molecule is Cc1ncc(C2(C)CN(c3ccnc(C(F)(F)F)n3)C(=O)O2)c(C2CCN(C(=O)Cc3c(F)cccc3F)CC2)n1. The molecule has 2 aliphatic heterocycles. The van der Waals surface area contributed by atoms with Crippen molar-refractivity contribution in [2.24, 2.45) is 0 Å². The van der Waals surface area contributed by atoms with Gasteiger partial charge >= 0.3 is 12.3 Å². The second kappa shape index (κ2) is 10.6. The van der Waals surface area contributed by atoms with Crippen molar-refractivity contribution in [3.8, 4) is 0 Å². The fourth-order valence-corrected chi connectivity index (χ4v) is 5.17. The lowest BCUT2D eigenvalue weighted by Gasteiger charge is -2.34. The number of anilines is 1. The van der Waals surface area contributed by atoms with Gasteiger partial charge in [0.05, 0.1) is 18.7 Å². The molecule has 0 saturated carbocycles. The predicted molar refractivity (Wildman–Crippen MR) is 134 cm³/mol. The molecule has 1 unspecified atom stereocenters. The number of amides is 2. The van der Waals surface area contributed by atoms with E-state index in [2.05, 4.69) is 19.9 Å². The molecule has 14 heteroatoms. The van der Waals surface area contributed by atoms with Gasteiger partial charge < -0.3 is 9.64 Å². The molecular weight excluding hydrogens is 551 g/mol. The lowest BCUT2D eigenvalue weighted by Crippen LogP contribution is -2.40. The molecular formula is C27H25F5N6O3. The van der Waals surface area contributed by atoms with Gasteiger partial charge in [0.1, 0.15) is 23.3 Å². The Morgan fingerprint density at radius 1 is 1.10 bits per heavy atom. The number of aromatic nitrogens is 4. The van der Waals surface area contributed by atoms with Crippen LogP contribution in [0, 0.1) is 18.6 Å². The highest BCUT2D eigenvalue weighted by atomic mass is 19.4. The number of piperidine rings is 1. The van der Waals surface area contributed by atoms with Crippen molar-refractivity contribution in [2.75, 3.05) is 24.5 Å². The molecule has 2 aromatic heterocycles. The number of aryl methyl sites for hydroxylation is 1. The van der Waals surface area contributed by atoms with Gasteiger partial charge in [0.2, 0.25) is 11.7 Å². The van der Waals surface area contributed by atoms with Crippen LogP contribution in [0.25, 0.3) is 0 Å². The topological polar surface area (TPSA) is 101 Å². The zero-order chi connectivity index (χ0) is 29.5. The molecule has 41 heavy (non-hydrogen) atoms. The summed E-state index contributed by atoms with van der Waals surface area (Å²) in [6.45, 7) is 3.79. The number of carbonyl (C=O) groups is 2. The molecule has 216 valence electrons. The van der Waals surface area contributed by atoms with Crippen molar-refractivity contribution in [3.63, 3.8) is 0 Å². The number of nitrogens with zero attached hydrogens (tertiary/aromatic N) is 6. The average Bonchev–Trinajstić information content (AvgIpc) is 3.25. The first-order valence-corrected chi connectivity index (χ1v) is 12.8. The largest absolute Gasteiger partial charge is 0.451 e. The van der Waals surface area contributed by atoms with E-state index in [1.807, 2.05) is 0 Å². The van der Waals surface area contributed by atoms with E-state index in [1.165, 1.54) is 18.3 Å². The zero-order valence-corrected chi connectivity index (χ0v) is 22.1. The Bertz CT molecular complexity index is 1470. The standard InChI is InChI=1S/C27H25F5N6O3/c1-15-34-13-18(26(2)14-38(25(40)41-26)21-6-9-33-24(36-21)27(30,31)32)23(35-15)16-7-10-37(11-8-16)22(39)12-17-19(28)4-3-5-20(17)29/h3-6,9,13,16H,7-8,10-12,14H2,1-2H3. The Morgan fingerprint density at radius 2 is 1.78 bits per heavy atom. The molecule has 2 amide bonds. The summed E-state index contributed by atoms with van der Waals surface area (Å²) in [7, 11) is 0. The third kappa shape index (κ3) is 5.68. The van der Waals surface area contributed by atoms with Crippen LogP contribution in [0.1, 0.15) is 54.2 Å². The fourth-order valence-electron chi connectivity index (χ4n) is 5.17. The number of halogens is 5. The molecule has 0 radical (unpaired) electrons. The minimum atomic E-state index is -4.79. The second-order valence-corrected chi connectivity index (χ2v) is 10.2. The van der Waals surface area contributed by atoms with E-state index in [-0.39, 0.29) is 23.8 Å². The molecule has 5 rings (SSSR count).